The van der Waals surface area contributed by atoms with Crippen LogP contribution in [0.5, 0.6) is 0 Å². The third-order valence-corrected chi connectivity index (χ3v) is 4.57. The van der Waals surface area contributed by atoms with Crippen molar-refractivity contribution in [1.29, 1.82) is 0 Å². The van der Waals surface area contributed by atoms with E-state index in [9.17, 15) is 9.59 Å². The molecule has 0 aliphatic heterocycles. The molecule has 2 N–H and O–H groups in total. The molecule has 0 spiro atoms. The van der Waals surface area contributed by atoms with Crippen molar-refractivity contribution in [1.82, 2.24) is 5.32 Å². The fraction of sp³-hybridized carbons (Fsp3) is 0.875. The predicted octanol–water partition coefficient (Wildman–Crippen LogP) is 3.50. The molecule has 1 amide bonds. The molecule has 0 atom stereocenters. The van der Waals surface area contributed by atoms with Gasteiger partial charge < -0.3 is 10.4 Å². The first-order valence-corrected chi connectivity index (χ1v) is 8.11. The summed E-state index contributed by atoms with van der Waals surface area (Å²) in [6, 6.07) is 0. The molecule has 1 saturated carbocycles. The fourth-order valence-electron chi connectivity index (χ4n) is 3.11. The van der Waals surface area contributed by atoms with Crippen molar-refractivity contribution < 1.29 is 14.7 Å². The van der Waals surface area contributed by atoms with E-state index in [1.807, 2.05) is 0 Å². The minimum atomic E-state index is -0.710. The number of unbranched alkanes of at least 4 members (excludes halogenated alkanes) is 4. The number of hydrogen-bond acceptors (Lipinski definition) is 2. The van der Waals surface area contributed by atoms with Crippen LogP contribution in [0.15, 0.2) is 0 Å². The zero-order valence-corrected chi connectivity index (χ0v) is 12.7. The van der Waals surface area contributed by atoms with E-state index >= 15 is 0 Å². The zero-order chi connectivity index (χ0) is 14.8. The molecule has 0 radical (unpaired) electrons. The number of carboxylic acid groups (broad SMARTS) is 1. The van der Waals surface area contributed by atoms with Gasteiger partial charge in [0.05, 0.1) is 0 Å². The molecule has 116 valence electrons. The molecule has 1 rings (SSSR count). The summed E-state index contributed by atoms with van der Waals surface area (Å²) in [4.78, 5) is 22.6. The van der Waals surface area contributed by atoms with E-state index in [2.05, 4.69) is 12.2 Å². The topological polar surface area (TPSA) is 66.4 Å². The maximum atomic E-state index is 12.2. The van der Waals surface area contributed by atoms with Gasteiger partial charge in [-0.1, -0.05) is 39.0 Å². The Hall–Kier alpha value is -1.06. The number of hydrogen-bond donors (Lipinski definition) is 2. The molecule has 0 aromatic carbocycles. The number of carbonyl (C=O) groups is 2. The highest BCUT2D eigenvalue weighted by molar-refractivity contribution is 5.82. The third kappa shape index (κ3) is 5.51. The van der Waals surface area contributed by atoms with Crippen molar-refractivity contribution in [3.05, 3.63) is 0 Å². The van der Waals surface area contributed by atoms with Crippen molar-refractivity contribution in [2.24, 2.45) is 5.41 Å². The summed E-state index contributed by atoms with van der Waals surface area (Å²) in [6.07, 6.45) is 10.5. The van der Waals surface area contributed by atoms with E-state index in [1.54, 1.807) is 0 Å². The van der Waals surface area contributed by atoms with Crippen molar-refractivity contribution >= 4 is 11.9 Å². The highest BCUT2D eigenvalue weighted by Crippen LogP contribution is 2.41. The van der Waals surface area contributed by atoms with Gasteiger partial charge in [-0.2, -0.15) is 0 Å². The smallest absolute Gasteiger partial charge is 0.303 e. The van der Waals surface area contributed by atoms with E-state index in [1.165, 1.54) is 12.8 Å². The quantitative estimate of drug-likeness (QED) is 0.603. The van der Waals surface area contributed by atoms with Gasteiger partial charge in [0.25, 0.3) is 0 Å². The Morgan fingerprint density at radius 1 is 1.05 bits per heavy atom. The Morgan fingerprint density at radius 2 is 1.65 bits per heavy atom. The lowest BCUT2D eigenvalue weighted by molar-refractivity contribution is -0.137. The Morgan fingerprint density at radius 3 is 2.25 bits per heavy atom. The van der Waals surface area contributed by atoms with Crippen LogP contribution in [0.1, 0.15) is 77.6 Å². The molecule has 4 heteroatoms. The fourth-order valence-corrected chi connectivity index (χ4v) is 3.11. The zero-order valence-electron chi connectivity index (χ0n) is 12.7. The highest BCUT2D eigenvalue weighted by Gasteiger charge is 2.38. The van der Waals surface area contributed by atoms with Crippen molar-refractivity contribution in [3.8, 4) is 0 Å². The standard InChI is InChI=1S/C16H29NO3/c1-2-16(11-7-8-12-16)15(20)17-13-9-5-3-4-6-10-14(18)19/h2-13H2,1H3,(H,17,20)(H,18,19). The number of carboxylic acids is 1. The number of carbonyl (C=O) groups excluding carboxylic acids is 1. The van der Waals surface area contributed by atoms with Gasteiger partial charge in [-0.15, -0.1) is 0 Å². The van der Waals surface area contributed by atoms with Crippen LogP contribution >= 0.6 is 0 Å². The molecule has 20 heavy (non-hydrogen) atoms. The lowest BCUT2D eigenvalue weighted by Gasteiger charge is -2.26. The molecule has 0 unspecified atom stereocenters. The summed E-state index contributed by atoms with van der Waals surface area (Å²) in [5, 5.41) is 11.6. The third-order valence-electron chi connectivity index (χ3n) is 4.57. The lowest BCUT2D eigenvalue weighted by atomic mass is 9.82. The Bertz CT molecular complexity index is 309. The van der Waals surface area contributed by atoms with Crippen LogP contribution in [0.2, 0.25) is 0 Å². The number of nitrogens with one attached hydrogen (secondary N) is 1. The molecule has 0 aromatic heterocycles. The van der Waals surface area contributed by atoms with E-state index in [4.69, 9.17) is 5.11 Å². The molecule has 1 fully saturated rings. The maximum Gasteiger partial charge on any atom is 0.303 e. The van der Waals surface area contributed by atoms with Crippen LogP contribution < -0.4 is 5.32 Å². The second-order valence-corrected chi connectivity index (χ2v) is 6.01. The van der Waals surface area contributed by atoms with Gasteiger partial charge in [0.1, 0.15) is 0 Å². The molecule has 1 aliphatic rings. The van der Waals surface area contributed by atoms with Crippen LogP contribution in [0.25, 0.3) is 0 Å². The summed E-state index contributed by atoms with van der Waals surface area (Å²) >= 11 is 0. The van der Waals surface area contributed by atoms with Crippen LogP contribution in [0, 0.1) is 5.41 Å². The van der Waals surface area contributed by atoms with E-state index in [0.717, 1.165) is 57.9 Å². The van der Waals surface area contributed by atoms with Gasteiger partial charge in [0.15, 0.2) is 0 Å². The molecule has 0 saturated heterocycles. The monoisotopic (exact) mass is 283 g/mol. The Labute approximate surface area is 122 Å². The number of amides is 1. The second-order valence-electron chi connectivity index (χ2n) is 6.01. The Balaban J connectivity index is 2.03. The average molecular weight is 283 g/mol. The summed E-state index contributed by atoms with van der Waals surface area (Å²) in [6.45, 7) is 2.88. The molecule has 4 nitrogen and oxygen atoms in total. The number of rotatable bonds is 10. The first kappa shape index (κ1) is 17.0. The largest absolute Gasteiger partial charge is 0.481 e. The van der Waals surface area contributed by atoms with Crippen LogP contribution in [0.4, 0.5) is 0 Å². The first-order valence-electron chi connectivity index (χ1n) is 8.11. The van der Waals surface area contributed by atoms with Gasteiger partial charge in [-0.25, -0.2) is 0 Å². The van der Waals surface area contributed by atoms with Crippen molar-refractivity contribution in [2.75, 3.05) is 6.54 Å². The SMILES string of the molecule is CCC1(C(=O)NCCCCCCCC(=O)O)CCCC1. The number of aliphatic carboxylic acids is 1. The lowest BCUT2D eigenvalue weighted by Crippen LogP contribution is -2.39. The van der Waals surface area contributed by atoms with Crippen LogP contribution in [-0.2, 0) is 9.59 Å². The molecule has 1 aliphatic carbocycles. The van der Waals surface area contributed by atoms with E-state index in [0.29, 0.717) is 0 Å². The van der Waals surface area contributed by atoms with Gasteiger partial charge in [-0.05, 0) is 32.1 Å². The van der Waals surface area contributed by atoms with Gasteiger partial charge in [-0.3, -0.25) is 9.59 Å². The first-order chi connectivity index (χ1) is 9.60. The normalized spacial score (nSPS) is 17.1. The molecule has 0 heterocycles. The summed E-state index contributed by atoms with van der Waals surface area (Å²) < 4.78 is 0. The van der Waals surface area contributed by atoms with Gasteiger partial charge in [0.2, 0.25) is 5.91 Å². The van der Waals surface area contributed by atoms with Crippen LogP contribution in [0.3, 0.4) is 0 Å². The average Bonchev–Trinajstić information content (AvgIpc) is 2.91. The Kier molecular flexibility index (Phi) is 7.63. The molecular weight excluding hydrogens is 254 g/mol. The predicted molar refractivity (Wildman–Crippen MR) is 79.5 cm³/mol. The van der Waals surface area contributed by atoms with Crippen molar-refractivity contribution in [2.45, 2.75) is 77.6 Å². The van der Waals surface area contributed by atoms with Crippen molar-refractivity contribution in [3.63, 3.8) is 0 Å². The minimum Gasteiger partial charge on any atom is -0.481 e. The van der Waals surface area contributed by atoms with Crippen LogP contribution in [-0.4, -0.2) is 23.5 Å². The summed E-state index contributed by atoms with van der Waals surface area (Å²) in [5.41, 5.74) is -0.0819. The maximum absolute atomic E-state index is 12.2. The van der Waals surface area contributed by atoms with Gasteiger partial charge in [0, 0.05) is 18.4 Å². The minimum absolute atomic E-state index is 0.0819. The summed E-state index contributed by atoms with van der Waals surface area (Å²) in [7, 11) is 0. The van der Waals surface area contributed by atoms with E-state index in [-0.39, 0.29) is 17.7 Å². The summed E-state index contributed by atoms with van der Waals surface area (Å²) in [5.74, 6) is -0.456. The molecule has 0 bridgehead atoms. The second kappa shape index (κ2) is 8.98. The molecular formula is C16H29NO3. The highest BCUT2D eigenvalue weighted by atomic mass is 16.4. The molecule has 0 aromatic rings. The van der Waals surface area contributed by atoms with E-state index < -0.39 is 5.97 Å². The van der Waals surface area contributed by atoms with Gasteiger partial charge >= 0.3 is 5.97 Å².